The van der Waals surface area contributed by atoms with Crippen molar-refractivity contribution in [2.24, 2.45) is 0 Å². The van der Waals surface area contributed by atoms with Crippen LogP contribution in [0, 0.1) is 10.1 Å². The van der Waals surface area contributed by atoms with Crippen LogP contribution in [0.15, 0.2) is 40.9 Å². The number of nitro groups is 1. The molecule has 0 aliphatic carbocycles. The standard InChI is InChI=1S/C13H7BrClNO5/c14-7-4-5-9(15)11(6-7)21-10-3-1-2-8(13(17)18)12(10)16(19)20/h1-6H,(H,17,18). The number of nitro benzene ring substituents is 1. The summed E-state index contributed by atoms with van der Waals surface area (Å²) in [6.45, 7) is 0. The molecule has 108 valence electrons. The third-order valence-electron chi connectivity index (χ3n) is 2.53. The summed E-state index contributed by atoms with van der Waals surface area (Å²) in [5.41, 5.74) is -1.08. The van der Waals surface area contributed by atoms with E-state index in [-0.39, 0.29) is 16.5 Å². The van der Waals surface area contributed by atoms with E-state index in [1.807, 2.05) is 0 Å². The number of hydrogen-bond acceptors (Lipinski definition) is 4. The third kappa shape index (κ3) is 3.32. The molecule has 0 spiro atoms. The van der Waals surface area contributed by atoms with Crippen LogP contribution < -0.4 is 4.74 Å². The Bertz CT molecular complexity index is 734. The summed E-state index contributed by atoms with van der Waals surface area (Å²) in [6.07, 6.45) is 0. The molecule has 8 heteroatoms. The Morgan fingerprint density at radius 1 is 1.29 bits per heavy atom. The van der Waals surface area contributed by atoms with Crippen molar-refractivity contribution >= 4 is 39.2 Å². The van der Waals surface area contributed by atoms with Gasteiger partial charge in [0.25, 0.3) is 0 Å². The number of carbonyl (C=O) groups is 1. The maximum Gasteiger partial charge on any atom is 0.342 e. The summed E-state index contributed by atoms with van der Waals surface area (Å²) in [7, 11) is 0. The van der Waals surface area contributed by atoms with E-state index >= 15 is 0 Å². The molecular weight excluding hydrogens is 366 g/mol. The van der Waals surface area contributed by atoms with E-state index < -0.39 is 22.1 Å². The fourth-order valence-electron chi connectivity index (χ4n) is 1.64. The van der Waals surface area contributed by atoms with Gasteiger partial charge in [-0.3, -0.25) is 10.1 Å². The minimum atomic E-state index is -1.41. The first-order chi connectivity index (χ1) is 9.90. The number of carboxylic acids is 1. The van der Waals surface area contributed by atoms with Crippen LogP contribution in [0.2, 0.25) is 5.02 Å². The fraction of sp³-hybridized carbons (Fsp3) is 0. The molecule has 0 saturated carbocycles. The minimum Gasteiger partial charge on any atom is -0.477 e. The topological polar surface area (TPSA) is 89.7 Å². The van der Waals surface area contributed by atoms with Crippen LogP contribution in [0.4, 0.5) is 5.69 Å². The summed E-state index contributed by atoms with van der Waals surface area (Å²) < 4.78 is 6.07. The number of aromatic carboxylic acids is 1. The van der Waals surface area contributed by atoms with Crippen molar-refractivity contribution < 1.29 is 19.6 Å². The summed E-state index contributed by atoms with van der Waals surface area (Å²) >= 11 is 9.18. The SMILES string of the molecule is O=C(O)c1cccc(Oc2cc(Br)ccc2Cl)c1[N+](=O)[O-]. The van der Waals surface area contributed by atoms with Gasteiger partial charge in [0.2, 0.25) is 5.75 Å². The van der Waals surface area contributed by atoms with Gasteiger partial charge < -0.3 is 9.84 Å². The van der Waals surface area contributed by atoms with Crippen LogP contribution in [0.25, 0.3) is 0 Å². The lowest BCUT2D eigenvalue weighted by molar-refractivity contribution is -0.386. The van der Waals surface area contributed by atoms with E-state index in [1.165, 1.54) is 18.2 Å². The molecule has 0 heterocycles. The van der Waals surface area contributed by atoms with Crippen molar-refractivity contribution in [2.75, 3.05) is 0 Å². The smallest absolute Gasteiger partial charge is 0.342 e. The van der Waals surface area contributed by atoms with Crippen LogP contribution in [0.1, 0.15) is 10.4 Å². The highest BCUT2D eigenvalue weighted by molar-refractivity contribution is 9.10. The average molecular weight is 373 g/mol. The molecule has 0 unspecified atom stereocenters. The van der Waals surface area contributed by atoms with Crippen molar-refractivity contribution in [3.63, 3.8) is 0 Å². The predicted molar refractivity (Wildman–Crippen MR) is 79.3 cm³/mol. The zero-order chi connectivity index (χ0) is 15.6. The normalized spacial score (nSPS) is 10.2. The molecule has 1 N–H and O–H groups in total. The summed E-state index contributed by atoms with van der Waals surface area (Å²) in [6, 6.07) is 8.56. The van der Waals surface area contributed by atoms with Gasteiger partial charge in [0.05, 0.1) is 9.95 Å². The molecule has 21 heavy (non-hydrogen) atoms. The quantitative estimate of drug-likeness (QED) is 0.630. The average Bonchev–Trinajstić information content (AvgIpc) is 2.42. The van der Waals surface area contributed by atoms with Crippen molar-refractivity contribution in [3.05, 3.63) is 61.6 Å². The first-order valence-corrected chi connectivity index (χ1v) is 6.71. The van der Waals surface area contributed by atoms with Gasteiger partial charge in [-0.2, -0.15) is 0 Å². The Hall–Kier alpha value is -2.12. The van der Waals surface area contributed by atoms with Gasteiger partial charge in [-0.15, -0.1) is 0 Å². The van der Waals surface area contributed by atoms with Crippen molar-refractivity contribution in [3.8, 4) is 11.5 Å². The zero-order valence-electron chi connectivity index (χ0n) is 10.2. The number of rotatable bonds is 4. The molecular formula is C13H7BrClNO5. The van der Waals surface area contributed by atoms with Gasteiger partial charge in [0.15, 0.2) is 0 Å². The number of para-hydroxylation sites is 1. The first-order valence-electron chi connectivity index (χ1n) is 5.53. The predicted octanol–water partition coefficient (Wildman–Crippen LogP) is 4.50. The fourth-order valence-corrected chi connectivity index (χ4v) is 2.14. The Morgan fingerprint density at radius 2 is 2.00 bits per heavy atom. The summed E-state index contributed by atoms with van der Waals surface area (Å²) in [5.74, 6) is -1.43. The van der Waals surface area contributed by atoms with Gasteiger partial charge in [-0.1, -0.05) is 33.6 Å². The number of hydrogen-bond donors (Lipinski definition) is 1. The summed E-state index contributed by atoms with van der Waals surface area (Å²) in [5, 5.41) is 20.4. The summed E-state index contributed by atoms with van der Waals surface area (Å²) in [4.78, 5) is 21.4. The number of benzene rings is 2. The largest absolute Gasteiger partial charge is 0.477 e. The van der Waals surface area contributed by atoms with Crippen LogP contribution in [-0.4, -0.2) is 16.0 Å². The molecule has 0 aliphatic rings. The van der Waals surface area contributed by atoms with Crippen molar-refractivity contribution in [2.45, 2.75) is 0 Å². The molecule has 0 fully saturated rings. The van der Waals surface area contributed by atoms with Crippen LogP contribution in [0.5, 0.6) is 11.5 Å². The Balaban J connectivity index is 2.54. The maximum atomic E-state index is 11.1. The maximum absolute atomic E-state index is 11.1. The lowest BCUT2D eigenvalue weighted by Gasteiger charge is -2.09. The van der Waals surface area contributed by atoms with Gasteiger partial charge in [0.1, 0.15) is 11.3 Å². The van der Waals surface area contributed by atoms with E-state index in [2.05, 4.69) is 15.9 Å². The number of ether oxygens (including phenoxy) is 1. The van der Waals surface area contributed by atoms with Crippen molar-refractivity contribution in [1.82, 2.24) is 0 Å². The highest BCUT2D eigenvalue weighted by atomic mass is 79.9. The Labute approximate surface area is 132 Å². The Kier molecular flexibility index (Phi) is 4.44. The van der Waals surface area contributed by atoms with E-state index in [1.54, 1.807) is 12.1 Å². The molecule has 0 aromatic heterocycles. The highest BCUT2D eigenvalue weighted by Gasteiger charge is 2.26. The van der Waals surface area contributed by atoms with Gasteiger partial charge in [0, 0.05) is 4.47 Å². The van der Waals surface area contributed by atoms with E-state index in [4.69, 9.17) is 21.4 Å². The van der Waals surface area contributed by atoms with Crippen LogP contribution in [0.3, 0.4) is 0 Å². The van der Waals surface area contributed by atoms with E-state index in [0.717, 1.165) is 6.07 Å². The monoisotopic (exact) mass is 371 g/mol. The lowest BCUT2D eigenvalue weighted by atomic mass is 10.1. The Morgan fingerprint density at radius 3 is 2.62 bits per heavy atom. The van der Waals surface area contributed by atoms with Gasteiger partial charge >= 0.3 is 11.7 Å². The molecule has 0 aliphatic heterocycles. The molecule has 2 aromatic rings. The lowest BCUT2D eigenvalue weighted by Crippen LogP contribution is -2.04. The molecule has 0 bridgehead atoms. The molecule has 0 amide bonds. The number of nitrogens with zero attached hydrogens (tertiary/aromatic N) is 1. The van der Waals surface area contributed by atoms with Crippen LogP contribution >= 0.6 is 27.5 Å². The second kappa shape index (κ2) is 6.11. The molecule has 2 rings (SSSR count). The van der Waals surface area contributed by atoms with E-state index in [0.29, 0.717) is 4.47 Å². The third-order valence-corrected chi connectivity index (χ3v) is 3.33. The number of halogens is 2. The van der Waals surface area contributed by atoms with Gasteiger partial charge in [-0.05, 0) is 30.3 Å². The van der Waals surface area contributed by atoms with Crippen LogP contribution in [-0.2, 0) is 0 Å². The number of carboxylic acid groups (broad SMARTS) is 1. The second-order valence-corrected chi connectivity index (χ2v) is 5.21. The molecule has 2 aromatic carbocycles. The minimum absolute atomic E-state index is 0.177. The first kappa shape index (κ1) is 15.3. The second-order valence-electron chi connectivity index (χ2n) is 3.89. The van der Waals surface area contributed by atoms with Crippen molar-refractivity contribution in [1.29, 1.82) is 0 Å². The molecule has 0 atom stereocenters. The molecule has 0 saturated heterocycles. The zero-order valence-corrected chi connectivity index (χ0v) is 12.6. The van der Waals surface area contributed by atoms with Gasteiger partial charge in [-0.25, -0.2) is 4.79 Å². The molecule has 6 nitrogen and oxygen atoms in total. The molecule has 0 radical (unpaired) electrons. The van der Waals surface area contributed by atoms with E-state index in [9.17, 15) is 14.9 Å². The highest BCUT2D eigenvalue weighted by Crippen LogP contribution is 2.38.